The van der Waals surface area contributed by atoms with Crippen molar-refractivity contribution in [1.82, 2.24) is 0 Å². The Kier molecular flexibility index (Phi) is 5.59. The lowest BCUT2D eigenvalue weighted by molar-refractivity contribution is -0.116. The Morgan fingerprint density at radius 2 is 1.68 bits per heavy atom. The van der Waals surface area contributed by atoms with Gasteiger partial charge < -0.3 is 10.1 Å². The molecule has 0 bridgehead atoms. The van der Waals surface area contributed by atoms with Gasteiger partial charge in [-0.25, -0.2) is 0 Å². The first-order valence-electron chi connectivity index (χ1n) is 7.61. The molecule has 2 aromatic carbocycles. The summed E-state index contributed by atoms with van der Waals surface area (Å²) in [5.41, 5.74) is 3.26. The minimum atomic E-state index is 0.0353. The molecule has 0 aliphatic carbocycles. The number of rotatable bonds is 6. The van der Waals surface area contributed by atoms with E-state index in [1.54, 1.807) is 7.11 Å². The Balaban J connectivity index is 1.84. The summed E-state index contributed by atoms with van der Waals surface area (Å²) in [5.74, 6) is 1.37. The number of carbonyl (C=O) groups excluding carboxylic acids is 1. The molecule has 1 amide bonds. The van der Waals surface area contributed by atoms with E-state index in [1.165, 1.54) is 5.56 Å². The van der Waals surface area contributed by atoms with Crippen LogP contribution in [0.2, 0.25) is 0 Å². The molecule has 0 fully saturated rings. The second-order valence-corrected chi connectivity index (χ2v) is 5.67. The summed E-state index contributed by atoms with van der Waals surface area (Å²) in [6.07, 6.45) is 1.19. The molecule has 0 aromatic heterocycles. The molecule has 0 saturated carbocycles. The summed E-state index contributed by atoms with van der Waals surface area (Å²) in [4.78, 5) is 12.0. The van der Waals surface area contributed by atoms with E-state index in [0.717, 1.165) is 23.4 Å². The number of ether oxygens (including phenoxy) is 1. The molecule has 0 aliphatic rings. The number of anilines is 1. The number of methoxy groups -OCH3 is 1. The lowest BCUT2D eigenvalue weighted by atomic mass is 10.0. The van der Waals surface area contributed by atoms with E-state index in [0.29, 0.717) is 12.3 Å². The highest BCUT2D eigenvalue weighted by Crippen LogP contribution is 2.17. The van der Waals surface area contributed by atoms with Crippen molar-refractivity contribution in [3.8, 4) is 5.75 Å². The molecule has 0 radical (unpaired) electrons. The molecule has 0 unspecified atom stereocenters. The highest BCUT2D eigenvalue weighted by atomic mass is 16.5. The second-order valence-electron chi connectivity index (χ2n) is 5.67. The highest BCUT2D eigenvalue weighted by molar-refractivity contribution is 5.90. The molecule has 0 atom stereocenters. The fraction of sp³-hybridized carbons (Fsp3) is 0.316. The molecular weight excluding hydrogens is 274 g/mol. The van der Waals surface area contributed by atoms with E-state index in [2.05, 4.69) is 31.3 Å². The Labute approximate surface area is 132 Å². The van der Waals surface area contributed by atoms with Gasteiger partial charge in [0.25, 0.3) is 0 Å². The van der Waals surface area contributed by atoms with Crippen molar-refractivity contribution in [3.63, 3.8) is 0 Å². The molecule has 0 saturated heterocycles. The summed E-state index contributed by atoms with van der Waals surface area (Å²) in [7, 11) is 1.65. The highest BCUT2D eigenvalue weighted by Gasteiger charge is 2.04. The maximum atomic E-state index is 12.0. The molecule has 116 valence electrons. The summed E-state index contributed by atoms with van der Waals surface area (Å²) in [6, 6.07) is 15.8. The van der Waals surface area contributed by atoms with Gasteiger partial charge in [0.2, 0.25) is 5.91 Å². The van der Waals surface area contributed by atoms with Gasteiger partial charge in [-0.15, -0.1) is 0 Å². The molecule has 2 aromatic rings. The first-order chi connectivity index (χ1) is 10.6. The fourth-order valence-corrected chi connectivity index (χ4v) is 2.22. The second kappa shape index (κ2) is 7.64. The van der Waals surface area contributed by atoms with Crippen LogP contribution >= 0.6 is 0 Å². The number of amides is 1. The van der Waals surface area contributed by atoms with Gasteiger partial charge in [0.15, 0.2) is 0 Å². The van der Waals surface area contributed by atoms with Crippen LogP contribution in [-0.2, 0) is 11.2 Å². The van der Waals surface area contributed by atoms with Gasteiger partial charge in [-0.2, -0.15) is 0 Å². The SMILES string of the molecule is COc1ccc(CCC(=O)Nc2ccc(C(C)C)cc2)cc1. The topological polar surface area (TPSA) is 38.3 Å². The summed E-state index contributed by atoms with van der Waals surface area (Å²) in [6.45, 7) is 4.31. The van der Waals surface area contributed by atoms with Crippen molar-refractivity contribution in [1.29, 1.82) is 0 Å². The van der Waals surface area contributed by atoms with Gasteiger partial charge in [-0.05, 0) is 47.7 Å². The number of hydrogen-bond acceptors (Lipinski definition) is 2. The Morgan fingerprint density at radius 3 is 2.23 bits per heavy atom. The first-order valence-corrected chi connectivity index (χ1v) is 7.61. The van der Waals surface area contributed by atoms with Crippen molar-refractivity contribution in [2.45, 2.75) is 32.6 Å². The minimum Gasteiger partial charge on any atom is -0.497 e. The van der Waals surface area contributed by atoms with Crippen LogP contribution in [-0.4, -0.2) is 13.0 Å². The number of carbonyl (C=O) groups is 1. The predicted molar refractivity (Wildman–Crippen MR) is 90.5 cm³/mol. The third kappa shape index (κ3) is 4.62. The molecule has 22 heavy (non-hydrogen) atoms. The zero-order valence-electron chi connectivity index (χ0n) is 13.4. The van der Waals surface area contributed by atoms with E-state index >= 15 is 0 Å². The zero-order chi connectivity index (χ0) is 15.9. The standard InChI is InChI=1S/C19H23NO2/c1-14(2)16-7-9-17(10-8-16)20-19(21)13-6-15-4-11-18(22-3)12-5-15/h4-5,7-12,14H,6,13H2,1-3H3,(H,20,21). The van der Waals surface area contributed by atoms with Gasteiger partial charge in [-0.3, -0.25) is 4.79 Å². The number of nitrogens with one attached hydrogen (secondary N) is 1. The van der Waals surface area contributed by atoms with Crippen LogP contribution in [0, 0.1) is 0 Å². The van der Waals surface area contributed by atoms with E-state index in [-0.39, 0.29) is 5.91 Å². The maximum Gasteiger partial charge on any atom is 0.224 e. The smallest absolute Gasteiger partial charge is 0.224 e. The van der Waals surface area contributed by atoms with Crippen molar-refractivity contribution in [2.24, 2.45) is 0 Å². The van der Waals surface area contributed by atoms with E-state index in [1.807, 2.05) is 36.4 Å². The molecule has 3 nitrogen and oxygen atoms in total. The molecule has 1 N–H and O–H groups in total. The monoisotopic (exact) mass is 297 g/mol. The Bertz CT molecular complexity index is 600. The average molecular weight is 297 g/mol. The molecular formula is C19H23NO2. The van der Waals surface area contributed by atoms with E-state index in [9.17, 15) is 4.79 Å². The van der Waals surface area contributed by atoms with Crippen LogP contribution in [0.15, 0.2) is 48.5 Å². The van der Waals surface area contributed by atoms with E-state index in [4.69, 9.17) is 4.74 Å². The Hall–Kier alpha value is -2.29. The number of hydrogen-bond donors (Lipinski definition) is 1. The lowest BCUT2D eigenvalue weighted by Gasteiger charge is -2.08. The average Bonchev–Trinajstić information content (AvgIpc) is 2.54. The van der Waals surface area contributed by atoms with Crippen molar-refractivity contribution >= 4 is 11.6 Å². The molecule has 3 heteroatoms. The van der Waals surface area contributed by atoms with E-state index < -0.39 is 0 Å². The largest absolute Gasteiger partial charge is 0.497 e. The normalized spacial score (nSPS) is 10.5. The third-order valence-corrected chi connectivity index (χ3v) is 3.66. The quantitative estimate of drug-likeness (QED) is 0.858. The summed E-state index contributed by atoms with van der Waals surface area (Å²) in [5, 5.41) is 2.94. The molecule has 0 spiro atoms. The summed E-state index contributed by atoms with van der Waals surface area (Å²) < 4.78 is 5.12. The van der Waals surface area contributed by atoms with Crippen molar-refractivity contribution in [2.75, 3.05) is 12.4 Å². The van der Waals surface area contributed by atoms with Gasteiger partial charge in [-0.1, -0.05) is 38.1 Å². The van der Waals surface area contributed by atoms with Crippen LogP contribution in [0.3, 0.4) is 0 Å². The minimum absolute atomic E-state index is 0.0353. The summed E-state index contributed by atoms with van der Waals surface area (Å²) >= 11 is 0. The van der Waals surface area contributed by atoms with Crippen LogP contribution in [0.4, 0.5) is 5.69 Å². The van der Waals surface area contributed by atoms with Crippen LogP contribution in [0.5, 0.6) is 5.75 Å². The third-order valence-electron chi connectivity index (χ3n) is 3.66. The number of benzene rings is 2. The Morgan fingerprint density at radius 1 is 1.05 bits per heavy atom. The predicted octanol–water partition coefficient (Wildman–Crippen LogP) is 4.39. The fourth-order valence-electron chi connectivity index (χ4n) is 2.22. The van der Waals surface area contributed by atoms with Gasteiger partial charge >= 0.3 is 0 Å². The molecule has 2 rings (SSSR count). The van der Waals surface area contributed by atoms with Gasteiger partial charge in [0.05, 0.1) is 7.11 Å². The van der Waals surface area contributed by atoms with Gasteiger partial charge in [0, 0.05) is 12.1 Å². The van der Waals surface area contributed by atoms with Crippen LogP contribution in [0.25, 0.3) is 0 Å². The zero-order valence-corrected chi connectivity index (χ0v) is 13.4. The first kappa shape index (κ1) is 16.1. The van der Waals surface area contributed by atoms with Crippen molar-refractivity contribution in [3.05, 3.63) is 59.7 Å². The number of aryl methyl sites for hydroxylation is 1. The molecule has 0 aliphatic heterocycles. The van der Waals surface area contributed by atoms with Crippen LogP contribution in [0.1, 0.15) is 37.3 Å². The maximum absolute atomic E-state index is 12.0. The lowest BCUT2D eigenvalue weighted by Crippen LogP contribution is -2.12. The van der Waals surface area contributed by atoms with Crippen molar-refractivity contribution < 1.29 is 9.53 Å². The molecule has 0 heterocycles. The van der Waals surface area contributed by atoms with Gasteiger partial charge in [0.1, 0.15) is 5.75 Å². The van der Waals surface area contributed by atoms with Crippen LogP contribution < -0.4 is 10.1 Å².